The largest absolute Gasteiger partial charge is 0.493 e. The lowest BCUT2D eigenvalue weighted by atomic mass is 9.96. The number of fused-ring (bicyclic) bond motifs is 1. The zero-order valence-electron chi connectivity index (χ0n) is 18.7. The minimum absolute atomic E-state index is 0.123. The van der Waals surface area contributed by atoms with E-state index >= 15 is 0 Å². The van der Waals surface area contributed by atoms with Gasteiger partial charge in [-0.1, -0.05) is 31.1 Å². The number of ether oxygens (including phenoxy) is 3. The van der Waals surface area contributed by atoms with Gasteiger partial charge >= 0.3 is 0 Å². The predicted octanol–water partition coefficient (Wildman–Crippen LogP) is 6.25. The fraction of sp³-hybridized carbons (Fsp3) is 0.346. The lowest BCUT2D eigenvalue weighted by Gasteiger charge is -2.13. The van der Waals surface area contributed by atoms with E-state index in [1.165, 1.54) is 6.07 Å². The summed E-state index contributed by atoms with van der Waals surface area (Å²) in [5.41, 5.74) is 1.12. The molecular formula is C26H26FNO4S. The van der Waals surface area contributed by atoms with Gasteiger partial charge in [-0.3, -0.25) is 9.78 Å². The van der Waals surface area contributed by atoms with Gasteiger partial charge in [0.1, 0.15) is 23.1 Å². The molecule has 4 rings (SSSR count). The summed E-state index contributed by atoms with van der Waals surface area (Å²) in [6.45, 7) is 0. The third-order valence-corrected chi connectivity index (χ3v) is 6.32. The molecular weight excluding hydrogens is 441 g/mol. The summed E-state index contributed by atoms with van der Waals surface area (Å²) in [5.74, 6) is 1.88. The number of halogens is 1. The molecule has 1 heterocycles. The second-order valence-electron chi connectivity index (χ2n) is 8.23. The molecule has 0 aliphatic heterocycles. The molecule has 0 atom stereocenters. The van der Waals surface area contributed by atoms with Gasteiger partial charge in [0.15, 0.2) is 11.5 Å². The summed E-state index contributed by atoms with van der Waals surface area (Å²) in [6.07, 6.45) is 6.22. The van der Waals surface area contributed by atoms with Crippen LogP contribution in [0.2, 0.25) is 0 Å². The van der Waals surface area contributed by atoms with Gasteiger partial charge in [0, 0.05) is 47.3 Å². The van der Waals surface area contributed by atoms with E-state index < -0.39 is 5.82 Å². The maximum atomic E-state index is 14.8. The Hall–Kier alpha value is -3.06. The summed E-state index contributed by atoms with van der Waals surface area (Å²) in [4.78, 5) is 17.3. The molecule has 0 amide bonds. The summed E-state index contributed by atoms with van der Waals surface area (Å²) in [6, 6.07) is 9.95. The molecule has 0 unspecified atom stereocenters. The average molecular weight is 468 g/mol. The van der Waals surface area contributed by atoms with Crippen LogP contribution >= 0.6 is 12.2 Å². The van der Waals surface area contributed by atoms with Crippen LogP contribution in [-0.2, 0) is 11.2 Å². The second kappa shape index (κ2) is 10.3. The standard InChI is InChI=1S/C26H26FNO4S/c1-30-25-14-20-22(15-26(25)31-2)28-10-9-24(20)32-18-8-7-17(21(27)12-18)11-19(33)13-23(29)16-5-3-4-6-16/h7-10,12,14-16H,3-6,11,13H2,1-2H3. The Morgan fingerprint density at radius 2 is 1.79 bits per heavy atom. The maximum Gasteiger partial charge on any atom is 0.162 e. The third-order valence-electron chi connectivity index (χ3n) is 6.03. The lowest BCUT2D eigenvalue weighted by molar-refractivity contribution is -0.121. The highest BCUT2D eigenvalue weighted by molar-refractivity contribution is 7.80. The van der Waals surface area contributed by atoms with E-state index in [2.05, 4.69) is 4.98 Å². The average Bonchev–Trinajstić information content (AvgIpc) is 3.35. The van der Waals surface area contributed by atoms with Gasteiger partial charge in [-0.15, -0.1) is 0 Å². The molecule has 172 valence electrons. The van der Waals surface area contributed by atoms with Crippen LogP contribution in [0.4, 0.5) is 4.39 Å². The van der Waals surface area contributed by atoms with Crippen molar-refractivity contribution >= 4 is 33.8 Å². The van der Waals surface area contributed by atoms with Crippen LogP contribution < -0.4 is 14.2 Å². The minimum atomic E-state index is -0.416. The van der Waals surface area contributed by atoms with E-state index in [-0.39, 0.29) is 24.5 Å². The second-order valence-corrected chi connectivity index (χ2v) is 8.81. The lowest BCUT2D eigenvalue weighted by Crippen LogP contribution is -2.16. The molecule has 0 N–H and O–H groups in total. The highest BCUT2D eigenvalue weighted by Gasteiger charge is 2.23. The molecule has 2 aromatic carbocycles. The van der Waals surface area contributed by atoms with Crippen molar-refractivity contribution in [1.82, 2.24) is 4.98 Å². The van der Waals surface area contributed by atoms with Crippen molar-refractivity contribution in [2.75, 3.05) is 14.2 Å². The Morgan fingerprint density at radius 3 is 2.48 bits per heavy atom. The molecule has 1 aliphatic carbocycles. The third kappa shape index (κ3) is 5.30. The number of pyridine rings is 1. The Kier molecular flexibility index (Phi) is 7.18. The number of hydrogen-bond acceptors (Lipinski definition) is 6. The molecule has 1 fully saturated rings. The van der Waals surface area contributed by atoms with Crippen molar-refractivity contribution in [3.8, 4) is 23.0 Å². The number of rotatable bonds is 9. The molecule has 0 spiro atoms. The Morgan fingerprint density at radius 1 is 1.06 bits per heavy atom. The molecule has 0 saturated heterocycles. The van der Waals surface area contributed by atoms with Crippen molar-refractivity contribution in [3.05, 3.63) is 54.0 Å². The Balaban J connectivity index is 1.48. The van der Waals surface area contributed by atoms with E-state index in [4.69, 9.17) is 26.4 Å². The number of methoxy groups -OCH3 is 2. The highest BCUT2D eigenvalue weighted by atomic mass is 32.1. The first-order valence-electron chi connectivity index (χ1n) is 11.0. The van der Waals surface area contributed by atoms with Gasteiger partial charge < -0.3 is 14.2 Å². The van der Waals surface area contributed by atoms with Crippen LogP contribution in [0.15, 0.2) is 42.6 Å². The molecule has 1 aromatic heterocycles. The van der Waals surface area contributed by atoms with Crippen LogP contribution in [0.3, 0.4) is 0 Å². The van der Waals surface area contributed by atoms with Crippen LogP contribution in [0.25, 0.3) is 10.9 Å². The van der Waals surface area contributed by atoms with E-state index in [0.29, 0.717) is 44.3 Å². The SMILES string of the molecule is COc1cc2nccc(Oc3ccc(CC(=S)CC(=O)C4CCCC4)c(F)c3)c2cc1OC. The van der Waals surface area contributed by atoms with Gasteiger partial charge in [0.25, 0.3) is 0 Å². The number of carbonyl (C=O) groups is 1. The van der Waals surface area contributed by atoms with E-state index in [1.807, 2.05) is 0 Å². The van der Waals surface area contributed by atoms with E-state index in [1.54, 1.807) is 50.7 Å². The number of aromatic nitrogens is 1. The predicted molar refractivity (Wildman–Crippen MR) is 129 cm³/mol. The van der Waals surface area contributed by atoms with Crippen molar-refractivity contribution in [2.45, 2.75) is 38.5 Å². The topological polar surface area (TPSA) is 57.7 Å². The minimum Gasteiger partial charge on any atom is -0.493 e. The number of Topliss-reactive ketones (excluding diaryl/α,β-unsaturated/α-hetero) is 1. The summed E-state index contributed by atoms with van der Waals surface area (Å²) in [7, 11) is 3.12. The Bertz CT molecular complexity index is 1190. The monoisotopic (exact) mass is 467 g/mol. The number of thiocarbonyl (C=S) groups is 1. The van der Waals surface area contributed by atoms with E-state index in [0.717, 1.165) is 25.7 Å². The summed E-state index contributed by atoms with van der Waals surface area (Å²) >= 11 is 5.39. The van der Waals surface area contributed by atoms with E-state index in [9.17, 15) is 9.18 Å². The molecule has 1 aliphatic rings. The van der Waals surface area contributed by atoms with Crippen molar-refractivity contribution < 1.29 is 23.4 Å². The molecule has 33 heavy (non-hydrogen) atoms. The first-order valence-corrected chi connectivity index (χ1v) is 11.4. The zero-order chi connectivity index (χ0) is 23.4. The summed E-state index contributed by atoms with van der Waals surface area (Å²) < 4.78 is 31.5. The van der Waals surface area contributed by atoms with Crippen LogP contribution in [-0.4, -0.2) is 29.9 Å². The van der Waals surface area contributed by atoms with Crippen LogP contribution in [0, 0.1) is 11.7 Å². The first-order chi connectivity index (χ1) is 16.0. The highest BCUT2D eigenvalue weighted by Crippen LogP contribution is 2.37. The maximum absolute atomic E-state index is 14.8. The van der Waals surface area contributed by atoms with Gasteiger partial charge in [-0.25, -0.2) is 4.39 Å². The zero-order valence-corrected chi connectivity index (χ0v) is 19.5. The fourth-order valence-electron chi connectivity index (χ4n) is 4.26. The van der Waals surface area contributed by atoms with Gasteiger partial charge in [0.05, 0.1) is 19.7 Å². The van der Waals surface area contributed by atoms with Crippen molar-refractivity contribution in [3.63, 3.8) is 0 Å². The van der Waals surface area contributed by atoms with Gasteiger partial charge in [-0.05, 0) is 36.6 Å². The molecule has 3 aromatic rings. The molecule has 1 saturated carbocycles. The smallest absolute Gasteiger partial charge is 0.162 e. The Labute approximate surface area is 197 Å². The van der Waals surface area contributed by atoms with Gasteiger partial charge in [-0.2, -0.15) is 0 Å². The quantitative estimate of drug-likeness (QED) is 0.347. The number of nitrogens with zero attached hydrogens (tertiary/aromatic N) is 1. The first kappa shape index (κ1) is 23.1. The summed E-state index contributed by atoms with van der Waals surface area (Å²) in [5, 5.41) is 0.714. The normalized spacial score (nSPS) is 13.8. The van der Waals surface area contributed by atoms with Crippen LogP contribution in [0.1, 0.15) is 37.7 Å². The molecule has 0 bridgehead atoms. The number of carbonyl (C=O) groups excluding carboxylic acids is 1. The number of hydrogen-bond donors (Lipinski definition) is 0. The fourth-order valence-corrected chi connectivity index (χ4v) is 4.56. The van der Waals surface area contributed by atoms with Crippen molar-refractivity contribution in [1.29, 1.82) is 0 Å². The number of ketones is 1. The molecule has 7 heteroatoms. The van der Waals surface area contributed by atoms with Gasteiger partial charge in [0.2, 0.25) is 0 Å². The molecule has 5 nitrogen and oxygen atoms in total. The van der Waals surface area contributed by atoms with Crippen LogP contribution in [0.5, 0.6) is 23.0 Å². The molecule has 0 radical (unpaired) electrons. The van der Waals surface area contributed by atoms with Crippen molar-refractivity contribution in [2.24, 2.45) is 5.92 Å². The number of benzene rings is 2.